The highest BCUT2D eigenvalue weighted by Gasteiger charge is 2.52. The molecule has 2 rings (SSSR count). The number of methoxy groups -OCH3 is 1. The van der Waals surface area contributed by atoms with E-state index in [0.717, 1.165) is 11.5 Å². The standard InChI is InChI=1S/C14H22N2O5S2/c1-8(2)10(15-13(20)21-3)11(17)16-7-14(22-4-5-23-14)6-9(16)12(18)19/h8-10H,4-7H2,1-3H3,(H,15,20)(H,18,19)/t9-,10-/m0/s1. The minimum atomic E-state index is -0.996. The molecule has 0 saturated carbocycles. The van der Waals surface area contributed by atoms with E-state index in [1.54, 1.807) is 37.4 Å². The number of likely N-dealkylation sites (tertiary alicyclic amines) is 1. The van der Waals surface area contributed by atoms with Crippen molar-refractivity contribution < 1.29 is 24.2 Å². The van der Waals surface area contributed by atoms with Gasteiger partial charge in [0.25, 0.3) is 0 Å². The second kappa shape index (κ2) is 7.21. The molecule has 130 valence electrons. The molecule has 23 heavy (non-hydrogen) atoms. The summed E-state index contributed by atoms with van der Waals surface area (Å²) in [4.78, 5) is 37.4. The van der Waals surface area contributed by atoms with Gasteiger partial charge in [0.2, 0.25) is 5.91 Å². The van der Waals surface area contributed by atoms with Gasteiger partial charge in [-0.25, -0.2) is 9.59 Å². The van der Waals surface area contributed by atoms with Gasteiger partial charge in [0.05, 0.1) is 11.2 Å². The minimum Gasteiger partial charge on any atom is -0.480 e. The monoisotopic (exact) mass is 362 g/mol. The summed E-state index contributed by atoms with van der Waals surface area (Å²) in [5.74, 6) is 0.406. The van der Waals surface area contributed by atoms with Crippen molar-refractivity contribution in [2.45, 2.75) is 36.4 Å². The van der Waals surface area contributed by atoms with E-state index in [-0.39, 0.29) is 15.9 Å². The van der Waals surface area contributed by atoms with Crippen molar-refractivity contribution in [2.75, 3.05) is 25.2 Å². The Hall–Kier alpha value is -1.09. The number of amides is 2. The van der Waals surface area contributed by atoms with Crippen molar-refractivity contribution in [1.29, 1.82) is 0 Å². The van der Waals surface area contributed by atoms with Crippen molar-refractivity contribution in [3.8, 4) is 0 Å². The van der Waals surface area contributed by atoms with E-state index in [2.05, 4.69) is 10.1 Å². The number of nitrogens with zero attached hydrogens (tertiary/aromatic N) is 1. The van der Waals surface area contributed by atoms with Gasteiger partial charge in [-0.1, -0.05) is 13.8 Å². The highest BCUT2D eigenvalue weighted by Crippen LogP contribution is 2.51. The predicted octanol–water partition coefficient (Wildman–Crippen LogP) is 1.23. The quantitative estimate of drug-likeness (QED) is 0.776. The molecule has 2 heterocycles. The number of nitrogens with one attached hydrogen (secondary N) is 1. The number of carbonyl (C=O) groups excluding carboxylic acids is 2. The van der Waals surface area contributed by atoms with Crippen LogP contribution < -0.4 is 5.32 Å². The maximum Gasteiger partial charge on any atom is 0.407 e. The molecule has 1 spiro atoms. The Morgan fingerprint density at radius 3 is 2.39 bits per heavy atom. The van der Waals surface area contributed by atoms with E-state index in [1.807, 2.05) is 0 Å². The number of hydrogen-bond acceptors (Lipinski definition) is 6. The first-order valence-electron chi connectivity index (χ1n) is 7.45. The van der Waals surface area contributed by atoms with Crippen LogP contribution in [0.4, 0.5) is 4.79 Å². The largest absolute Gasteiger partial charge is 0.480 e. The molecule has 2 amide bonds. The number of carboxylic acids is 1. The van der Waals surface area contributed by atoms with Crippen molar-refractivity contribution >= 4 is 41.5 Å². The zero-order valence-electron chi connectivity index (χ0n) is 13.4. The van der Waals surface area contributed by atoms with Crippen molar-refractivity contribution in [1.82, 2.24) is 10.2 Å². The normalized spacial score (nSPS) is 24.0. The van der Waals surface area contributed by atoms with E-state index in [4.69, 9.17) is 0 Å². The molecule has 2 aliphatic rings. The maximum absolute atomic E-state index is 12.9. The fourth-order valence-electron chi connectivity index (χ4n) is 2.88. The Balaban J connectivity index is 2.19. The zero-order chi connectivity index (χ0) is 17.2. The number of carboxylic acid groups (broad SMARTS) is 1. The Labute approximate surface area is 143 Å². The number of ether oxygens (including phenoxy) is 1. The first-order chi connectivity index (χ1) is 10.8. The number of aliphatic carboxylic acids is 1. The topological polar surface area (TPSA) is 95.9 Å². The van der Waals surface area contributed by atoms with E-state index >= 15 is 0 Å². The molecule has 2 aliphatic heterocycles. The smallest absolute Gasteiger partial charge is 0.407 e. The number of hydrogen-bond donors (Lipinski definition) is 2. The van der Waals surface area contributed by atoms with Crippen molar-refractivity contribution in [2.24, 2.45) is 5.92 Å². The van der Waals surface area contributed by atoms with Gasteiger partial charge in [0, 0.05) is 24.5 Å². The van der Waals surface area contributed by atoms with E-state index < -0.39 is 24.1 Å². The molecule has 0 aromatic heterocycles. The van der Waals surface area contributed by atoms with Crippen LogP contribution in [0.1, 0.15) is 20.3 Å². The third-order valence-electron chi connectivity index (χ3n) is 4.06. The first-order valence-corrected chi connectivity index (χ1v) is 9.42. The van der Waals surface area contributed by atoms with E-state index in [0.29, 0.717) is 13.0 Å². The second-order valence-electron chi connectivity index (χ2n) is 5.99. The lowest BCUT2D eigenvalue weighted by Gasteiger charge is -2.29. The average Bonchev–Trinajstić information content (AvgIpc) is 3.11. The number of alkyl carbamates (subject to hydrolysis) is 1. The van der Waals surface area contributed by atoms with E-state index in [9.17, 15) is 19.5 Å². The Morgan fingerprint density at radius 1 is 1.30 bits per heavy atom. The molecule has 2 saturated heterocycles. The maximum atomic E-state index is 12.9. The highest BCUT2D eigenvalue weighted by atomic mass is 32.2. The number of thioether (sulfide) groups is 2. The molecule has 0 bridgehead atoms. The molecule has 0 unspecified atom stereocenters. The molecule has 9 heteroatoms. The predicted molar refractivity (Wildman–Crippen MR) is 89.6 cm³/mol. The molecule has 2 fully saturated rings. The lowest BCUT2D eigenvalue weighted by molar-refractivity contribution is -0.149. The molecule has 0 aliphatic carbocycles. The van der Waals surface area contributed by atoms with Crippen LogP contribution in [-0.2, 0) is 14.3 Å². The van der Waals surface area contributed by atoms with Gasteiger partial charge in [0.1, 0.15) is 12.1 Å². The van der Waals surface area contributed by atoms with Gasteiger partial charge >= 0.3 is 12.1 Å². The van der Waals surface area contributed by atoms with Crippen LogP contribution in [0.25, 0.3) is 0 Å². The summed E-state index contributed by atoms with van der Waals surface area (Å²) in [5, 5.41) is 12.0. The molecule has 0 aromatic carbocycles. The fraction of sp³-hybridized carbons (Fsp3) is 0.786. The lowest BCUT2D eigenvalue weighted by Crippen LogP contribution is -2.54. The Bertz CT molecular complexity index is 494. The number of rotatable bonds is 4. The van der Waals surface area contributed by atoms with Crippen LogP contribution >= 0.6 is 23.5 Å². The highest BCUT2D eigenvalue weighted by molar-refractivity contribution is 8.21. The summed E-state index contributed by atoms with van der Waals surface area (Å²) in [6.07, 6.45) is -0.255. The van der Waals surface area contributed by atoms with Crippen LogP contribution in [0.15, 0.2) is 0 Å². The SMILES string of the molecule is COC(=O)N[C@H](C(=O)N1CC2(C[C@H]1C(=O)O)SCCS2)C(C)C. The fourth-order valence-corrected chi connectivity index (χ4v) is 6.13. The average molecular weight is 362 g/mol. The van der Waals surface area contributed by atoms with Gasteiger partial charge in [-0.3, -0.25) is 4.79 Å². The summed E-state index contributed by atoms with van der Waals surface area (Å²) in [7, 11) is 1.23. The summed E-state index contributed by atoms with van der Waals surface area (Å²) in [6.45, 7) is 4.00. The van der Waals surface area contributed by atoms with Crippen molar-refractivity contribution in [3.63, 3.8) is 0 Å². The third-order valence-corrected chi connectivity index (χ3v) is 7.49. The Morgan fingerprint density at radius 2 is 1.91 bits per heavy atom. The van der Waals surface area contributed by atoms with Crippen LogP contribution in [0.3, 0.4) is 0 Å². The van der Waals surface area contributed by atoms with E-state index in [1.165, 1.54) is 12.0 Å². The van der Waals surface area contributed by atoms with Crippen LogP contribution in [0.5, 0.6) is 0 Å². The summed E-state index contributed by atoms with van der Waals surface area (Å²) < 4.78 is 4.34. The van der Waals surface area contributed by atoms with Gasteiger partial charge in [-0.05, 0) is 5.92 Å². The van der Waals surface area contributed by atoms with Crippen LogP contribution in [-0.4, -0.2) is 69.3 Å². The molecular formula is C14H22N2O5S2. The second-order valence-corrected chi connectivity index (χ2v) is 9.20. The molecule has 0 radical (unpaired) electrons. The molecule has 2 atom stereocenters. The van der Waals surface area contributed by atoms with Crippen LogP contribution in [0.2, 0.25) is 0 Å². The first kappa shape index (κ1) is 18.3. The molecule has 0 aromatic rings. The molecular weight excluding hydrogens is 340 g/mol. The van der Waals surface area contributed by atoms with Gasteiger partial charge in [-0.15, -0.1) is 23.5 Å². The lowest BCUT2D eigenvalue weighted by atomic mass is 10.0. The van der Waals surface area contributed by atoms with Gasteiger partial charge < -0.3 is 20.1 Å². The number of carbonyl (C=O) groups is 3. The zero-order valence-corrected chi connectivity index (χ0v) is 15.0. The summed E-state index contributed by atoms with van der Waals surface area (Å²) in [6, 6.07) is -1.64. The Kier molecular flexibility index (Phi) is 5.72. The van der Waals surface area contributed by atoms with Crippen molar-refractivity contribution in [3.05, 3.63) is 0 Å². The molecule has 7 nitrogen and oxygen atoms in total. The van der Waals surface area contributed by atoms with Crippen LogP contribution in [0, 0.1) is 5.92 Å². The summed E-state index contributed by atoms with van der Waals surface area (Å²) in [5.41, 5.74) is 0. The summed E-state index contributed by atoms with van der Waals surface area (Å²) >= 11 is 3.45. The van der Waals surface area contributed by atoms with Gasteiger partial charge in [-0.2, -0.15) is 0 Å². The minimum absolute atomic E-state index is 0.170. The molecule has 2 N–H and O–H groups in total. The third kappa shape index (κ3) is 3.88. The van der Waals surface area contributed by atoms with Gasteiger partial charge in [0.15, 0.2) is 0 Å².